The summed E-state index contributed by atoms with van der Waals surface area (Å²) in [5, 5.41) is 13.9. The first-order valence-electron chi connectivity index (χ1n) is 5.35. The molecule has 0 saturated carbocycles. The van der Waals surface area contributed by atoms with E-state index in [1.54, 1.807) is 18.0 Å². The van der Waals surface area contributed by atoms with Crippen molar-refractivity contribution in [2.45, 2.75) is 19.4 Å². The highest BCUT2D eigenvalue weighted by molar-refractivity contribution is 5.80. The molecule has 0 saturated heterocycles. The fourth-order valence-electron chi connectivity index (χ4n) is 1.85. The van der Waals surface area contributed by atoms with E-state index in [0.29, 0.717) is 0 Å². The molecule has 90 valence electrons. The van der Waals surface area contributed by atoms with Crippen LogP contribution in [0.2, 0.25) is 0 Å². The van der Waals surface area contributed by atoms with Gasteiger partial charge >= 0.3 is 5.97 Å². The molecule has 0 amide bonds. The normalized spacial score (nSPS) is 12.6. The number of nitrogens with zero attached hydrogens (tertiary/aromatic N) is 2. The number of carboxylic acids is 1. The Morgan fingerprint density at radius 1 is 1.59 bits per heavy atom. The van der Waals surface area contributed by atoms with Crippen molar-refractivity contribution in [2.75, 3.05) is 7.11 Å². The van der Waals surface area contributed by atoms with Gasteiger partial charge in [-0.3, -0.25) is 9.48 Å². The van der Waals surface area contributed by atoms with Crippen LogP contribution in [0.25, 0.3) is 10.9 Å². The highest BCUT2D eigenvalue weighted by Gasteiger charge is 2.13. The Kier molecular flexibility index (Phi) is 2.99. The second kappa shape index (κ2) is 4.45. The van der Waals surface area contributed by atoms with Crippen LogP contribution in [0.5, 0.6) is 5.75 Å². The van der Waals surface area contributed by atoms with Crippen molar-refractivity contribution in [1.82, 2.24) is 9.78 Å². The van der Waals surface area contributed by atoms with Crippen molar-refractivity contribution in [3.05, 3.63) is 24.4 Å². The third-order valence-electron chi connectivity index (χ3n) is 2.69. The minimum Gasteiger partial charge on any atom is -0.497 e. The molecule has 0 bridgehead atoms. The van der Waals surface area contributed by atoms with Crippen LogP contribution in [0, 0.1) is 0 Å². The molecule has 0 fully saturated rings. The predicted molar refractivity (Wildman–Crippen MR) is 63.2 cm³/mol. The fourth-order valence-corrected chi connectivity index (χ4v) is 1.85. The molecule has 17 heavy (non-hydrogen) atoms. The molecule has 5 nitrogen and oxygen atoms in total. The molecule has 1 N–H and O–H groups in total. The summed E-state index contributed by atoms with van der Waals surface area (Å²) in [6.45, 7) is 1.84. The van der Waals surface area contributed by atoms with E-state index >= 15 is 0 Å². The molecular formula is C12H14N2O3. The Morgan fingerprint density at radius 2 is 2.35 bits per heavy atom. The van der Waals surface area contributed by atoms with Crippen LogP contribution in [0.1, 0.15) is 19.4 Å². The summed E-state index contributed by atoms with van der Waals surface area (Å²) in [6.07, 6.45) is 1.78. The Balaban J connectivity index is 2.39. The van der Waals surface area contributed by atoms with Gasteiger partial charge in [-0.05, 0) is 25.1 Å². The van der Waals surface area contributed by atoms with Gasteiger partial charge in [0.1, 0.15) is 5.75 Å². The lowest BCUT2D eigenvalue weighted by molar-refractivity contribution is -0.137. The van der Waals surface area contributed by atoms with Crippen molar-refractivity contribution in [1.29, 1.82) is 0 Å². The van der Waals surface area contributed by atoms with E-state index in [4.69, 9.17) is 9.84 Å². The molecule has 0 aliphatic heterocycles. The first-order chi connectivity index (χ1) is 8.11. The van der Waals surface area contributed by atoms with Crippen LogP contribution in [0.4, 0.5) is 0 Å². The van der Waals surface area contributed by atoms with Crippen LogP contribution in [0.3, 0.4) is 0 Å². The Morgan fingerprint density at radius 3 is 3.00 bits per heavy atom. The zero-order chi connectivity index (χ0) is 12.4. The van der Waals surface area contributed by atoms with Crippen molar-refractivity contribution >= 4 is 16.9 Å². The van der Waals surface area contributed by atoms with Crippen LogP contribution in [-0.4, -0.2) is 28.0 Å². The topological polar surface area (TPSA) is 64.4 Å². The number of methoxy groups -OCH3 is 1. The highest BCUT2D eigenvalue weighted by Crippen LogP contribution is 2.23. The van der Waals surface area contributed by atoms with E-state index in [1.807, 2.05) is 25.1 Å². The average Bonchev–Trinajstić information content (AvgIpc) is 2.70. The van der Waals surface area contributed by atoms with Gasteiger partial charge in [0, 0.05) is 5.39 Å². The number of aliphatic carboxylic acids is 1. The van der Waals surface area contributed by atoms with Gasteiger partial charge in [0.25, 0.3) is 0 Å². The largest absolute Gasteiger partial charge is 0.497 e. The molecule has 1 aromatic carbocycles. The first kappa shape index (κ1) is 11.4. The highest BCUT2D eigenvalue weighted by atomic mass is 16.5. The smallest absolute Gasteiger partial charge is 0.305 e. The number of carboxylic acid groups (broad SMARTS) is 1. The Labute approximate surface area is 98.6 Å². The summed E-state index contributed by atoms with van der Waals surface area (Å²) in [7, 11) is 1.61. The maximum Gasteiger partial charge on any atom is 0.305 e. The lowest BCUT2D eigenvalue weighted by Crippen LogP contribution is -2.11. The van der Waals surface area contributed by atoms with Crippen molar-refractivity contribution in [3.8, 4) is 5.75 Å². The molecule has 1 atom stereocenters. The minimum absolute atomic E-state index is 0.0583. The van der Waals surface area contributed by atoms with Crippen LogP contribution in [0.15, 0.2) is 24.4 Å². The molecule has 0 aliphatic rings. The van der Waals surface area contributed by atoms with E-state index in [-0.39, 0.29) is 12.5 Å². The number of hydrogen-bond acceptors (Lipinski definition) is 3. The van der Waals surface area contributed by atoms with Gasteiger partial charge in [-0.25, -0.2) is 0 Å². The van der Waals surface area contributed by atoms with Gasteiger partial charge < -0.3 is 9.84 Å². The average molecular weight is 234 g/mol. The number of benzene rings is 1. The summed E-state index contributed by atoms with van der Waals surface area (Å²) in [5.41, 5.74) is 0.916. The maximum absolute atomic E-state index is 10.7. The first-order valence-corrected chi connectivity index (χ1v) is 5.35. The van der Waals surface area contributed by atoms with Gasteiger partial charge in [-0.1, -0.05) is 0 Å². The second-order valence-corrected chi connectivity index (χ2v) is 3.96. The number of carbonyl (C=O) groups is 1. The monoisotopic (exact) mass is 234 g/mol. The summed E-state index contributed by atoms with van der Waals surface area (Å²) in [6, 6.07) is 5.44. The zero-order valence-corrected chi connectivity index (χ0v) is 9.75. The van der Waals surface area contributed by atoms with Crippen molar-refractivity contribution < 1.29 is 14.6 Å². The lowest BCUT2D eigenvalue weighted by Gasteiger charge is -2.11. The summed E-state index contributed by atoms with van der Waals surface area (Å²) < 4.78 is 6.85. The Bertz CT molecular complexity index is 548. The Hall–Kier alpha value is -2.04. The van der Waals surface area contributed by atoms with E-state index in [1.165, 1.54) is 0 Å². The third-order valence-corrected chi connectivity index (χ3v) is 2.69. The minimum atomic E-state index is -0.824. The fraction of sp³-hybridized carbons (Fsp3) is 0.333. The lowest BCUT2D eigenvalue weighted by atomic mass is 10.2. The molecular weight excluding hydrogens is 220 g/mol. The zero-order valence-electron chi connectivity index (χ0n) is 9.75. The van der Waals surface area contributed by atoms with E-state index < -0.39 is 5.97 Å². The van der Waals surface area contributed by atoms with E-state index in [0.717, 1.165) is 16.7 Å². The SMILES string of the molecule is COc1ccc2c(cnn2C(C)CC(=O)O)c1. The summed E-state index contributed by atoms with van der Waals surface area (Å²) in [5.74, 6) is -0.0578. The van der Waals surface area contributed by atoms with Crippen LogP contribution in [-0.2, 0) is 4.79 Å². The van der Waals surface area contributed by atoms with Crippen molar-refractivity contribution in [3.63, 3.8) is 0 Å². The van der Waals surface area contributed by atoms with Gasteiger partial charge in [0.15, 0.2) is 0 Å². The molecule has 0 radical (unpaired) electrons. The molecule has 5 heteroatoms. The molecule has 0 spiro atoms. The predicted octanol–water partition coefficient (Wildman–Crippen LogP) is 2.08. The molecule has 1 heterocycles. The van der Waals surface area contributed by atoms with Gasteiger partial charge in [-0.15, -0.1) is 0 Å². The number of ether oxygens (including phenoxy) is 1. The summed E-state index contributed by atoms with van der Waals surface area (Å²) in [4.78, 5) is 10.7. The van der Waals surface area contributed by atoms with Crippen LogP contribution >= 0.6 is 0 Å². The maximum atomic E-state index is 10.7. The summed E-state index contributed by atoms with van der Waals surface area (Å²) >= 11 is 0. The number of rotatable bonds is 4. The van der Waals surface area contributed by atoms with E-state index in [2.05, 4.69) is 5.10 Å². The number of aromatic nitrogens is 2. The second-order valence-electron chi connectivity index (χ2n) is 3.96. The number of hydrogen-bond donors (Lipinski definition) is 1. The standard InChI is InChI=1S/C12H14N2O3/c1-8(5-12(15)16)14-11-4-3-10(17-2)6-9(11)7-13-14/h3-4,6-8H,5H2,1-2H3,(H,15,16). The van der Waals surface area contributed by atoms with Gasteiger partial charge in [0.05, 0.1) is 31.3 Å². The molecule has 2 rings (SSSR count). The number of fused-ring (bicyclic) bond motifs is 1. The van der Waals surface area contributed by atoms with Crippen LogP contribution < -0.4 is 4.74 Å². The molecule has 0 aliphatic carbocycles. The molecule has 1 aromatic heterocycles. The quantitative estimate of drug-likeness (QED) is 0.879. The third kappa shape index (κ3) is 2.22. The van der Waals surface area contributed by atoms with Gasteiger partial charge in [-0.2, -0.15) is 5.10 Å². The molecule has 1 unspecified atom stereocenters. The molecule has 2 aromatic rings. The van der Waals surface area contributed by atoms with Gasteiger partial charge in [0.2, 0.25) is 0 Å². The van der Waals surface area contributed by atoms with Crippen molar-refractivity contribution in [2.24, 2.45) is 0 Å². The van der Waals surface area contributed by atoms with E-state index in [9.17, 15) is 4.79 Å².